The molecule has 5 nitrogen and oxygen atoms in total. The molecule has 0 aromatic carbocycles. The summed E-state index contributed by atoms with van der Waals surface area (Å²) in [5, 5.41) is 12.7. The van der Waals surface area contributed by atoms with Crippen molar-refractivity contribution in [1.29, 1.82) is 0 Å². The molecule has 16 heavy (non-hydrogen) atoms. The summed E-state index contributed by atoms with van der Waals surface area (Å²) >= 11 is 1.93. The van der Waals surface area contributed by atoms with Crippen molar-refractivity contribution in [1.82, 2.24) is 15.0 Å². The van der Waals surface area contributed by atoms with Crippen molar-refractivity contribution in [3.05, 3.63) is 11.7 Å². The maximum atomic E-state index is 8.72. The van der Waals surface area contributed by atoms with E-state index in [1.165, 1.54) is 5.75 Å². The fourth-order valence-electron chi connectivity index (χ4n) is 1.69. The minimum Gasteiger partial charge on any atom is -0.396 e. The van der Waals surface area contributed by atoms with Gasteiger partial charge in [-0.3, -0.25) is 4.90 Å². The van der Waals surface area contributed by atoms with Crippen LogP contribution in [-0.2, 0) is 6.42 Å². The zero-order chi connectivity index (χ0) is 11.4. The highest BCUT2D eigenvalue weighted by Crippen LogP contribution is 2.26. The highest BCUT2D eigenvalue weighted by molar-refractivity contribution is 7.99. The number of nitrogens with zero attached hydrogens (tertiary/aromatic N) is 3. The molecule has 1 atom stereocenters. The van der Waals surface area contributed by atoms with Crippen LogP contribution in [0.2, 0.25) is 0 Å². The van der Waals surface area contributed by atoms with Gasteiger partial charge in [0, 0.05) is 31.1 Å². The third-order valence-electron chi connectivity index (χ3n) is 2.73. The SMILES string of the molecule is CN1CCSCC1c1noc(CCCO)n1. The van der Waals surface area contributed by atoms with E-state index in [2.05, 4.69) is 22.1 Å². The largest absolute Gasteiger partial charge is 0.396 e. The van der Waals surface area contributed by atoms with Crippen LogP contribution in [0.4, 0.5) is 0 Å². The number of aromatic nitrogens is 2. The first-order valence-electron chi connectivity index (χ1n) is 5.52. The molecule has 1 aliphatic heterocycles. The van der Waals surface area contributed by atoms with Crippen LogP contribution in [0.5, 0.6) is 0 Å². The van der Waals surface area contributed by atoms with Crippen molar-refractivity contribution in [2.75, 3.05) is 31.7 Å². The molecule has 6 heteroatoms. The van der Waals surface area contributed by atoms with E-state index in [-0.39, 0.29) is 12.6 Å². The summed E-state index contributed by atoms with van der Waals surface area (Å²) in [4.78, 5) is 6.64. The van der Waals surface area contributed by atoms with Gasteiger partial charge < -0.3 is 9.63 Å². The molecule has 0 amide bonds. The van der Waals surface area contributed by atoms with Crippen molar-refractivity contribution >= 4 is 11.8 Å². The topological polar surface area (TPSA) is 62.4 Å². The van der Waals surface area contributed by atoms with Gasteiger partial charge in [0.15, 0.2) is 5.82 Å². The van der Waals surface area contributed by atoms with Crippen LogP contribution in [0, 0.1) is 0 Å². The molecule has 1 saturated heterocycles. The van der Waals surface area contributed by atoms with Gasteiger partial charge in [-0.1, -0.05) is 5.16 Å². The quantitative estimate of drug-likeness (QED) is 0.840. The molecule has 1 aromatic heterocycles. The Bertz CT molecular complexity index is 332. The molecule has 0 spiro atoms. The Morgan fingerprint density at radius 3 is 3.25 bits per heavy atom. The molecular formula is C10H17N3O2S. The second-order valence-electron chi connectivity index (χ2n) is 3.94. The highest BCUT2D eigenvalue weighted by Gasteiger charge is 2.25. The molecular weight excluding hydrogens is 226 g/mol. The highest BCUT2D eigenvalue weighted by atomic mass is 32.2. The summed E-state index contributed by atoms with van der Waals surface area (Å²) in [7, 11) is 2.09. The van der Waals surface area contributed by atoms with Gasteiger partial charge in [-0.2, -0.15) is 16.7 Å². The lowest BCUT2D eigenvalue weighted by atomic mass is 10.2. The summed E-state index contributed by atoms with van der Waals surface area (Å²) < 4.78 is 5.16. The number of aliphatic hydroxyl groups is 1. The molecule has 0 saturated carbocycles. The summed E-state index contributed by atoms with van der Waals surface area (Å²) in [5.41, 5.74) is 0. The van der Waals surface area contributed by atoms with E-state index in [0.717, 1.165) is 18.1 Å². The fourth-order valence-corrected chi connectivity index (χ4v) is 2.90. The van der Waals surface area contributed by atoms with Crippen molar-refractivity contribution < 1.29 is 9.63 Å². The molecule has 1 N–H and O–H groups in total. The second-order valence-corrected chi connectivity index (χ2v) is 5.09. The van der Waals surface area contributed by atoms with E-state index in [9.17, 15) is 0 Å². The average Bonchev–Trinajstić information content (AvgIpc) is 2.75. The van der Waals surface area contributed by atoms with Crippen molar-refractivity contribution in [2.45, 2.75) is 18.9 Å². The minimum absolute atomic E-state index is 0.164. The molecule has 0 bridgehead atoms. The third-order valence-corrected chi connectivity index (χ3v) is 3.75. The van der Waals surface area contributed by atoms with Crippen molar-refractivity contribution in [3.8, 4) is 0 Å². The van der Waals surface area contributed by atoms with E-state index in [4.69, 9.17) is 9.63 Å². The maximum absolute atomic E-state index is 8.72. The summed E-state index contributed by atoms with van der Waals surface area (Å²) in [5.74, 6) is 3.60. The standard InChI is InChI=1S/C10H17N3O2S/c1-13-4-6-16-7-8(13)10-11-9(15-12-10)3-2-5-14/h8,14H,2-7H2,1H3. The average molecular weight is 243 g/mol. The van der Waals surface area contributed by atoms with Crippen molar-refractivity contribution in [3.63, 3.8) is 0 Å². The molecule has 90 valence electrons. The Balaban J connectivity index is 1.99. The first kappa shape index (κ1) is 11.9. The fraction of sp³-hybridized carbons (Fsp3) is 0.800. The lowest BCUT2D eigenvalue weighted by Crippen LogP contribution is -2.33. The number of thioether (sulfide) groups is 1. The van der Waals surface area contributed by atoms with E-state index in [0.29, 0.717) is 18.7 Å². The number of rotatable bonds is 4. The van der Waals surface area contributed by atoms with Crippen LogP contribution in [0.3, 0.4) is 0 Å². The van der Waals surface area contributed by atoms with Gasteiger partial charge in [-0.05, 0) is 13.5 Å². The molecule has 1 aromatic rings. The predicted molar refractivity (Wildman–Crippen MR) is 62.4 cm³/mol. The zero-order valence-electron chi connectivity index (χ0n) is 9.43. The van der Waals surface area contributed by atoms with E-state index in [1.54, 1.807) is 0 Å². The van der Waals surface area contributed by atoms with E-state index < -0.39 is 0 Å². The smallest absolute Gasteiger partial charge is 0.226 e. The Labute approximate surface area is 99.2 Å². The molecule has 2 heterocycles. The lowest BCUT2D eigenvalue weighted by molar-refractivity contribution is 0.255. The van der Waals surface area contributed by atoms with Crippen LogP contribution < -0.4 is 0 Å². The Hall–Kier alpha value is -0.590. The molecule has 1 aliphatic rings. The van der Waals surface area contributed by atoms with Gasteiger partial charge in [-0.15, -0.1) is 0 Å². The molecule has 2 rings (SSSR count). The molecule has 0 radical (unpaired) electrons. The van der Waals surface area contributed by atoms with Crippen LogP contribution >= 0.6 is 11.8 Å². The minimum atomic E-state index is 0.164. The van der Waals surface area contributed by atoms with Crippen LogP contribution in [0.15, 0.2) is 4.52 Å². The predicted octanol–water partition coefficient (Wildman–Crippen LogP) is 0.714. The van der Waals surface area contributed by atoms with Gasteiger partial charge >= 0.3 is 0 Å². The van der Waals surface area contributed by atoms with Gasteiger partial charge in [0.1, 0.15) is 0 Å². The molecule has 1 unspecified atom stereocenters. The number of hydrogen-bond acceptors (Lipinski definition) is 6. The van der Waals surface area contributed by atoms with E-state index >= 15 is 0 Å². The van der Waals surface area contributed by atoms with Gasteiger partial charge in [0.25, 0.3) is 0 Å². The van der Waals surface area contributed by atoms with E-state index in [1.807, 2.05) is 11.8 Å². The van der Waals surface area contributed by atoms with Gasteiger partial charge in [0.05, 0.1) is 6.04 Å². The Morgan fingerprint density at radius 2 is 2.50 bits per heavy atom. The van der Waals surface area contributed by atoms with Crippen LogP contribution in [-0.4, -0.2) is 51.9 Å². The lowest BCUT2D eigenvalue weighted by Gasteiger charge is -2.29. The summed E-state index contributed by atoms with van der Waals surface area (Å²) in [6.45, 7) is 1.23. The Kier molecular flexibility index (Phi) is 4.20. The summed E-state index contributed by atoms with van der Waals surface area (Å²) in [6, 6.07) is 0.269. The van der Waals surface area contributed by atoms with Gasteiger partial charge in [-0.25, -0.2) is 0 Å². The molecule has 1 fully saturated rings. The third kappa shape index (κ3) is 2.75. The second kappa shape index (κ2) is 5.65. The number of aliphatic hydroxyl groups excluding tert-OH is 1. The summed E-state index contributed by atoms with van der Waals surface area (Å²) in [6.07, 6.45) is 1.34. The van der Waals surface area contributed by atoms with Crippen LogP contribution in [0.1, 0.15) is 24.2 Å². The number of hydrogen-bond donors (Lipinski definition) is 1. The molecule has 0 aliphatic carbocycles. The zero-order valence-corrected chi connectivity index (χ0v) is 10.2. The van der Waals surface area contributed by atoms with Gasteiger partial charge in [0.2, 0.25) is 5.89 Å². The Morgan fingerprint density at radius 1 is 1.62 bits per heavy atom. The number of aryl methyl sites for hydroxylation is 1. The first-order chi connectivity index (χ1) is 7.81. The normalized spacial score (nSPS) is 22.5. The maximum Gasteiger partial charge on any atom is 0.226 e. The monoisotopic (exact) mass is 243 g/mol. The van der Waals surface area contributed by atoms with Crippen LogP contribution in [0.25, 0.3) is 0 Å². The van der Waals surface area contributed by atoms with Crippen molar-refractivity contribution in [2.24, 2.45) is 0 Å². The first-order valence-corrected chi connectivity index (χ1v) is 6.68.